The lowest BCUT2D eigenvalue weighted by Crippen LogP contribution is -2.38. The van der Waals surface area contributed by atoms with Gasteiger partial charge in [-0.2, -0.15) is 0 Å². The van der Waals surface area contributed by atoms with Crippen molar-refractivity contribution >= 4 is 11.6 Å². The van der Waals surface area contributed by atoms with Crippen molar-refractivity contribution in [3.05, 3.63) is 142 Å². The monoisotopic (exact) mass is 522 g/mol. The molecule has 2 heterocycles. The van der Waals surface area contributed by atoms with E-state index in [1.165, 1.54) is 0 Å². The summed E-state index contributed by atoms with van der Waals surface area (Å²) in [5.41, 5.74) is 4.48. The normalized spacial score (nSPS) is 14.0. The molecule has 1 N–H and O–H groups in total. The van der Waals surface area contributed by atoms with Crippen LogP contribution >= 0.6 is 11.6 Å². The van der Waals surface area contributed by atoms with Gasteiger partial charge in [-0.25, -0.2) is 4.98 Å². The minimum Gasteiger partial charge on any atom is -0.466 e. The van der Waals surface area contributed by atoms with Crippen molar-refractivity contribution in [1.82, 2.24) is 9.55 Å². The van der Waals surface area contributed by atoms with Crippen LogP contribution in [0, 0.1) is 0 Å². The number of fused-ring (bicyclic) bond motifs is 1. The molecule has 1 aromatic heterocycles. The molecule has 0 saturated heterocycles. The summed E-state index contributed by atoms with van der Waals surface area (Å²) in [4.78, 5) is 5.01. The smallest absolute Gasteiger partial charge is 0.189 e. The Morgan fingerprint density at radius 3 is 1.95 bits per heavy atom. The van der Waals surface area contributed by atoms with Gasteiger partial charge in [-0.05, 0) is 35.7 Å². The highest BCUT2D eigenvalue weighted by molar-refractivity contribution is 6.31. The van der Waals surface area contributed by atoms with Crippen LogP contribution in [0.2, 0.25) is 5.02 Å². The highest BCUT2D eigenvalue weighted by Crippen LogP contribution is 2.46. The van der Waals surface area contributed by atoms with Gasteiger partial charge in [-0.15, -0.1) is 0 Å². The number of hydrogen-bond acceptors (Lipinski definition) is 4. The van der Waals surface area contributed by atoms with Crippen LogP contribution in [-0.4, -0.2) is 21.5 Å². The van der Waals surface area contributed by atoms with Crippen molar-refractivity contribution in [1.29, 1.82) is 0 Å². The summed E-state index contributed by atoms with van der Waals surface area (Å²) in [6.07, 6.45) is 1.16. The van der Waals surface area contributed by atoms with Crippen molar-refractivity contribution in [2.75, 3.05) is 6.79 Å². The molecule has 0 aliphatic carbocycles. The summed E-state index contributed by atoms with van der Waals surface area (Å²) in [5.74, 6) is 1.32. The van der Waals surface area contributed by atoms with Gasteiger partial charge in [0.15, 0.2) is 6.79 Å². The zero-order valence-electron chi connectivity index (χ0n) is 20.9. The molecule has 5 aromatic rings. The molecule has 0 amide bonds. The molecule has 0 bridgehead atoms. The van der Waals surface area contributed by atoms with E-state index in [1.807, 2.05) is 72.9 Å². The molecule has 1 aliphatic rings. The maximum atomic E-state index is 10.7. The Bertz CT molecular complexity index is 1450. The van der Waals surface area contributed by atoms with E-state index < -0.39 is 11.6 Å². The second-order valence-corrected chi connectivity index (χ2v) is 9.83. The van der Waals surface area contributed by atoms with E-state index in [0.29, 0.717) is 28.9 Å². The van der Waals surface area contributed by atoms with E-state index in [2.05, 4.69) is 41.0 Å². The molecule has 0 radical (unpaired) electrons. The van der Waals surface area contributed by atoms with Crippen LogP contribution in [0.15, 0.2) is 109 Å². The third-order valence-corrected chi connectivity index (χ3v) is 7.22. The molecular weight excluding hydrogens is 496 g/mol. The lowest BCUT2D eigenvalue weighted by atomic mass is 9.76. The predicted molar refractivity (Wildman–Crippen MR) is 148 cm³/mol. The largest absolute Gasteiger partial charge is 0.466 e. The number of aliphatic hydroxyl groups excluding tert-OH is 1. The van der Waals surface area contributed by atoms with Crippen LogP contribution in [0.4, 0.5) is 0 Å². The molecule has 190 valence electrons. The summed E-state index contributed by atoms with van der Waals surface area (Å²) in [6, 6.07) is 34.8. The zero-order valence-corrected chi connectivity index (χ0v) is 21.7. The number of nitrogens with zero attached hydrogens (tertiary/aromatic N) is 2. The van der Waals surface area contributed by atoms with Crippen molar-refractivity contribution in [3.8, 4) is 17.1 Å². The fourth-order valence-corrected chi connectivity index (χ4v) is 5.59. The van der Waals surface area contributed by atoms with Gasteiger partial charge in [0.2, 0.25) is 0 Å². The van der Waals surface area contributed by atoms with Crippen LogP contribution in [0.5, 0.6) is 5.75 Å². The maximum absolute atomic E-state index is 10.7. The molecule has 1 unspecified atom stereocenters. The molecule has 1 atom stereocenters. The standard InChI is InChI=1S/C32H27ClN2O3/c1-22(36)29-19-35(31(34-29)28-18-27(33)17-23-20-37-21-38-30(23)28)32(24-11-5-2-6-12-24,25-13-7-3-8-14-25)26-15-9-4-10-16-26/h2-19,22,36H,20-21H2,1H3. The Balaban J connectivity index is 1.77. The fourth-order valence-electron chi connectivity index (χ4n) is 5.35. The first kappa shape index (κ1) is 24.4. The summed E-state index contributed by atoms with van der Waals surface area (Å²) >= 11 is 6.62. The highest BCUT2D eigenvalue weighted by atomic mass is 35.5. The summed E-state index contributed by atoms with van der Waals surface area (Å²) in [7, 11) is 0. The molecular formula is C32H27ClN2O3. The summed E-state index contributed by atoms with van der Waals surface area (Å²) < 4.78 is 13.7. The third kappa shape index (κ3) is 4.09. The van der Waals surface area contributed by atoms with Crippen LogP contribution in [0.3, 0.4) is 0 Å². The third-order valence-electron chi connectivity index (χ3n) is 7.00. The van der Waals surface area contributed by atoms with Crippen molar-refractivity contribution in [3.63, 3.8) is 0 Å². The van der Waals surface area contributed by atoms with E-state index >= 15 is 0 Å². The van der Waals surface area contributed by atoms with Crippen molar-refractivity contribution < 1.29 is 14.6 Å². The van der Waals surface area contributed by atoms with Gasteiger partial charge in [0, 0.05) is 16.8 Å². The van der Waals surface area contributed by atoms with Crippen molar-refractivity contribution in [2.45, 2.75) is 25.2 Å². The minimum atomic E-state index is -0.820. The molecule has 0 fully saturated rings. The van der Waals surface area contributed by atoms with Crippen LogP contribution in [0.1, 0.15) is 41.0 Å². The van der Waals surface area contributed by atoms with Gasteiger partial charge in [0.05, 0.1) is 24.0 Å². The Hall–Kier alpha value is -3.90. The van der Waals surface area contributed by atoms with E-state index in [9.17, 15) is 5.11 Å². The molecule has 38 heavy (non-hydrogen) atoms. The average molecular weight is 523 g/mol. The topological polar surface area (TPSA) is 56.5 Å². The Labute approximate surface area is 226 Å². The molecule has 0 spiro atoms. The summed E-state index contributed by atoms with van der Waals surface area (Å²) in [5, 5.41) is 11.3. The first-order valence-electron chi connectivity index (χ1n) is 12.6. The van der Waals surface area contributed by atoms with Gasteiger partial charge in [0.25, 0.3) is 0 Å². The van der Waals surface area contributed by atoms with Gasteiger partial charge < -0.3 is 19.1 Å². The molecule has 1 aliphatic heterocycles. The predicted octanol–water partition coefficient (Wildman–Crippen LogP) is 6.96. The zero-order chi connectivity index (χ0) is 26.1. The van der Waals surface area contributed by atoms with Gasteiger partial charge in [-0.1, -0.05) is 103 Å². The second-order valence-electron chi connectivity index (χ2n) is 9.40. The fraction of sp³-hybridized carbons (Fsp3) is 0.156. The van der Waals surface area contributed by atoms with E-state index in [0.717, 1.165) is 27.8 Å². The van der Waals surface area contributed by atoms with E-state index in [-0.39, 0.29) is 6.79 Å². The quantitative estimate of drug-likeness (QED) is 0.245. The van der Waals surface area contributed by atoms with Crippen LogP contribution in [0.25, 0.3) is 11.4 Å². The van der Waals surface area contributed by atoms with Gasteiger partial charge in [-0.3, -0.25) is 0 Å². The Morgan fingerprint density at radius 2 is 1.42 bits per heavy atom. The number of imidazole rings is 1. The molecule has 6 heteroatoms. The Morgan fingerprint density at radius 1 is 0.868 bits per heavy atom. The molecule has 4 aromatic carbocycles. The maximum Gasteiger partial charge on any atom is 0.189 e. The second kappa shape index (κ2) is 10.1. The number of rotatable bonds is 6. The summed E-state index contributed by atoms with van der Waals surface area (Å²) in [6.45, 7) is 2.27. The van der Waals surface area contributed by atoms with Gasteiger partial charge >= 0.3 is 0 Å². The SMILES string of the molecule is CC(O)c1cn(C(c2ccccc2)(c2ccccc2)c2ccccc2)c(-c2cc(Cl)cc3c2OCOC3)n1. The number of halogens is 1. The first-order valence-corrected chi connectivity index (χ1v) is 12.9. The molecule has 5 nitrogen and oxygen atoms in total. The number of ether oxygens (including phenoxy) is 2. The average Bonchev–Trinajstić information content (AvgIpc) is 3.41. The van der Waals surface area contributed by atoms with Crippen LogP contribution in [-0.2, 0) is 16.9 Å². The van der Waals surface area contributed by atoms with E-state index in [1.54, 1.807) is 6.92 Å². The minimum absolute atomic E-state index is 0.146. The number of benzene rings is 4. The molecule has 6 rings (SSSR count). The first-order chi connectivity index (χ1) is 18.6. The number of hydrogen-bond donors (Lipinski definition) is 1. The number of aromatic nitrogens is 2. The van der Waals surface area contributed by atoms with Gasteiger partial charge in [0.1, 0.15) is 17.1 Å². The molecule has 0 saturated carbocycles. The lowest BCUT2D eigenvalue weighted by molar-refractivity contribution is -0.0159. The van der Waals surface area contributed by atoms with E-state index in [4.69, 9.17) is 26.1 Å². The lowest BCUT2D eigenvalue weighted by Gasteiger charge is -2.39. The van der Waals surface area contributed by atoms with Crippen molar-refractivity contribution in [2.24, 2.45) is 0 Å². The van der Waals surface area contributed by atoms with Crippen LogP contribution < -0.4 is 4.74 Å². The number of aliphatic hydroxyl groups is 1. The highest BCUT2D eigenvalue weighted by Gasteiger charge is 2.41. The Kier molecular flexibility index (Phi) is 6.50.